The average molecular weight is 628 g/mol. The molecular formula is C43H25N5O. The zero-order valence-corrected chi connectivity index (χ0v) is 26.1. The molecule has 1 aliphatic heterocycles. The number of furan rings is 1. The number of nitrogens with zero attached hydrogens (tertiary/aromatic N) is 5. The predicted molar refractivity (Wildman–Crippen MR) is 194 cm³/mol. The highest BCUT2D eigenvalue weighted by Gasteiger charge is 2.37. The summed E-state index contributed by atoms with van der Waals surface area (Å²) < 4.78 is 8.49. The molecular weight excluding hydrogens is 603 g/mol. The minimum absolute atomic E-state index is 0.223. The summed E-state index contributed by atoms with van der Waals surface area (Å²) in [7, 11) is 0. The summed E-state index contributed by atoms with van der Waals surface area (Å²) in [6.07, 6.45) is 12.6. The molecule has 10 rings (SSSR count). The Morgan fingerprint density at radius 2 is 1.33 bits per heavy atom. The maximum absolute atomic E-state index is 9.60. The monoisotopic (exact) mass is 627 g/mol. The Bertz CT molecular complexity index is 2770. The maximum Gasteiger partial charge on any atom is 0.135 e. The lowest BCUT2D eigenvalue weighted by Gasteiger charge is -2.28. The Balaban J connectivity index is 1.10. The van der Waals surface area contributed by atoms with Gasteiger partial charge in [0.1, 0.15) is 11.2 Å². The van der Waals surface area contributed by atoms with Crippen molar-refractivity contribution in [1.82, 2.24) is 9.55 Å². The lowest BCUT2D eigenvalue weighted by atomic mass is 9.91. The van der Waals surface area contributed by atoms with E-state index < -0.39 is 0 Å². The van der Waals surface area contributed by atoms with Gasteiger partial charge in [0.2, 0.25) is 0 Å². The van der Waals surface area contributed by atoms with E-state index in [0.29, 0.717) is 17.0 Å². The third-order valence-corrected chi connectivity index (χ3v) is 10.0. The van der Waals surface area contributed by atoms with Crippen LogP contribution in [0, 0.1) is 22.7 Å². The van der Waals surface area contributed by atoms with Crippen LogP contribution >= 0.6 is 0 Å². The van der Waals surface area contributed by atoms with E-state index in [1.807, 2.05) is 54.9 Å². The fourth-order valence-electron chi connectivity index (χ4n) is 7.83. The highest BCUT2D eigenvalue weighted by atomic mass is 16.3. The normalized spacial score (nSPS) is 16.3. The van der Waals surface area contributed by atoms with Crippen molar-refractivity contribution in [3.63, 3.8) is 0 Å². The van der Waals surface area contributed by atoms with E-state index in [1.54, 1.807) is 0 Å². The van der Waals surface area contributed by atoms with Crippen LogP contribution in [0.25, 0.3) is 60.6 Å². The summed E-state index contributed by atoms with van der Waals surface area (Å²) in [6, 6.07) is 39.7. The molecule has 8 aromatic rings. The standard InChI is InChI=1S/C43H25N5O/c44-22-26-9-13-40-34(17-26)35-18-27(23-45)10-14-41(35)48(40)31-19-29(24-46-25-31)28-11-15-42-36(20-28)37-21-30(12-16-43(37)49-42)47-38-7-3-1-5-32(38)33-6-2-4-8-39(33)47/h1-21,24-25,32,38H. The summed E-state index contributed by atoms with van der Waals surface area (Å²) in [4.78, 5) is 7.13. The molecule has 0 saturated heterocycles. The number of anilines is 2. The Hall–Kier alpha value is -6.89. The summed E-state index contributed by atoms with van der Waals surface area (Å²) >= 11 is 0. The summed E-state index contributed by atoms with van der Waals surface area (Å²) in [6.45, 7) is 0. The quantitative estimate of drug-likeness (QED) is 0.195. The Labute approximate surface area is 281 Å². The first-order valence-electron chi connectivity index (χ1n) is 16.2. The molecule has 0 radical (unpaired) electrons. The number of hydrogen-bond acceptors (Lipinski definition) is 5. The summed E-state index contributed by atoms with van der Waals surface area (Å²) in [5, 5.41) is 23.2. The van der Waals surface area contributed by atoms with Crippen LogP contribution in [0.4, 0.5) is 11.4 Å². The fourth-order valence-corrected chi connectivity index (χ4v) is 7.83. The molecule has 0 N–H and O–H groups in total. The van der Waals surface area contributed by atoms with E-state index in [-0.39, 0.29) is 6.04 Å². The number of allylic oxidation sites excluding steroid dienone is 2. The molecule has 3 aromatic heterocycles. The van der Waals surface area contributed by atoms with Crippen molar-refractivity contribution in [2.45, 2.75) is 12.0 Å². The van der Waals surface area contributed by atoms with Gasteiger partial charge < -0.3 is 13.9 Å². The van der Waals surface area contributed by atoms with Gasteiger partial charge in [0.25, 0.3) is 0 Å². The van der Waals surface area contributed by atoms with Crippen LogP contribution in [0.15, 0.2) is 144 Å². The maximum atomic E-state index is 9.60. The van der Waals surface area contributed by atoms with Crippen LogP contribution < -0.4 is 4.90 Å². The lowest BCUT2D eigenvalue weighted by Crippen LogP contribution is -2.28. The van der Waals surface area contributed by atoms with E-state index in [9.17, 15) is 10.5 Å². The van der Waals surface area contributed by atoms with Crippen LogP contribution in [0.5, 0.6) is 0 Å². The minimum atomic E-state index is 0.223. The van der Waals surface area contributed by atoms with E-state index in [1.165, 1.54) is 11.3 Å². The van der Waals surface area contributed by atoms with Crippen LogP contribution in [-0.2, 0) is 0 Å². The molecule has 2 atom stereocenters. The largest absolute Gasteiger partial charge is 0.456 e. The number of hydrogen-bond donors (Lipinski definition) is 0. The minimum Gasteiger partial charge on any atom is -0.456 e. The highest BCUT2D eigenvalue weighted by molar-refractivity contribution is 6.10. The van der Waals surface area contributed by atoms with E-state index in [0.717, 1.165) is 66.2 Å². The molecule has 228 valence electrons. The molecule has 0 saturated carbocycles. The van der Waals surface area contributed by atoms with Gasteiger partial charge in [-0.3, -0.25) is 4.98 Å². The Morgan fingerprint density at radius 3 is 2.10 bits per heavy atom. The Kier molecular flexibility index (Phi) is 5.73. The van der Waals surface area contributed by atoms with Crippen LogP contribution in [0.3, 0.4) is 0 Å². The molecule has 0 bridgehead atoms. The number of aromatic nitrogens is 2. The molecule has 4 heterocycles. The number of nitriles is 2. The molecule has 6 nitrogen and oxygen atoms in total. The molecule has 6 heteroatoms. The zero-order chi connectivity index (χ0) is 32.6. The molecule has 0 fully saturated rings. The second-order valence-corrected chi connectivity index (χ2v) is 12.7. The van der Waals surface area contributed by atoms with Crippen LogP contribution in [-0.4, -0.2) is 15.6 Å². The van der Waals surface area contributed by atoms with Crippen LogP contribution in [0.2, 0.25) is 0 Å². The van der Waals surface area contributed by atoms with E-state index in [4.69, 9.17) is 4.42 Å². The van der Waals surface area contributed by atoms with Gasteiger partial charge in [-0.2, -0.15) is 10.5 Å². The van der Waals surface area contributed by atoms with Gasteiger partial charge in [0, 0.05) is 50.6 Å². The van der Waals surface area contributed by atoms with Gasteiger partial charge in [-0.1, -0.05) is 48.6 Å². The van der Waals surface area contributed by atoms with Crippen molar-refractivity contribution in [3.05, 3.63) is 157 Å². The molecule has 0 spiro atoms. The van der Waals surface area contributed by atoms with Gasteiger partial charge in [-0.25, -0.2) is 0 Å². The number of benzene rings is 5. The Morgan fingerprint density at radius 1 is 0.612 bits per heavy atom. The summed E-state index contributed by atoms with van der Waals surface area (Å²) in [5.74, 6) is 0.320. The molecule has 2 unspecified atom stereocenters. The molecule has 1 aliphatic carbocycles. The third kappa shape index (κ3) is 4.02. The number of fused-ring (bicyclic) bond motifs is 9. The average Bonchev–Trinajstić information content (AvgIpc) is 3.81. The highest BCUT2D eigenvalue weighted by Crippen LogP contribution is 2.48. The second kappa shape index (κ2) is 10.3. The smallest absolute Gasteiger partial charge is 0.135 e. The van der Waals surface area contributed by atoms with Gasteiger partial charge >= 0.3 is 0 Å². The SMILES string of the molecule is N#Cc1ccc2c(c1)c1cc(C#N)ccc1n2-c1cncc(-c2ccc3oc4ccc(N5c6ccccc6C6C=CC=CC65)cc4c3c2)c1. The van der Waals surface area contributed by atoms with Crippen molar-refractivity contribution in [3.8, 4) is 29.0 Å². The van der Waals surface area contributed by atoms with E-state index >= 15 is 0 Å². The first-order chi connectivity index (χ1) is 24.2. The van der Waals surface area contributed by atoms with Crippen molar-refractivity contribution in [1.29, 1.82) is 10.5 Å². The number of rotatable bonds is 3. The van der Waals surface area contributed by atoms with Gasteiger partial charge in [0.05, 0.1) is 52.2 Å². The lowest BCUT2D eigenvalue weighted by molar-refractivity contribution is 0.669. The fraction of sp³-hybridized carbons (Fsp3) is 0.0465. The van der Waals surface area contributed by atoms with Gasteiger partial charge in [-0.15, -0.1) is 0 Å². The van der Waals surface area contributed by atoms with Gasteiger partial charge in [0.15, 0.2) is 0 Å². The van der Waals surface area contributed by atoms with Gasteiger partial charge in [-0.05, 0) is 90.0 Å². The summed E-state index contributed by atoms with van der Waals surface area (Å²) in [5.41, 5.74) is 11.3. The first kappa shape index (κ1) is 27.2. The van der Waals surface area contributed by atoms with Crippen molar-refractivity contribution in [2.75, 3.05) is 4.90 Å². The third-order valence-electron chi connectivity index (χ3n) is 10.0. The molecule has 2 aliphatic rings. The topological polar surface area (TPSA) is 81.8 Å². The predicted octanol–water partition coefficient (Wildman–Crippen LogP) is 10.2. The first-order valence-corrected chi connectivity index (χ1v) is 16.2. The van der Waals surface area contributed by atoms with Crippen molar-refractivity contribution in [2.24, 2.45) is 0 Å². The number of pyridine rings is 1. The van der Waals surface area contributed by atoms with Crippen LogP contribution in [0.1, 0.15) is 22.6 Å². The zero-order valence-electron chi connectivity index (χ0n) is 26.1. The number of para-hydroxylation sites is 1. The van der Waals surface area contributed by atoms with Crippen molar-refractivity contribution < 1.29 is 4.42 Å². The second-order valence-electron chi connectivity index (χ2n) is 12.7. The molecule has 49 heavy (non-hydrogen) atoms. The molecule has 5 aromatic carbocycles. The van der Waals surface area contributed by atoms with E-state index in [2.05, 4.69) is 112 Å². The van der Waals surface area contributed by atoms with Crippen molar-refractivity contribution >= 4 is 55.1 Å². The molecule has 0 amide bonds.